The Morgan fingerprint density at radius 3 is 2.85 bits per heavy atom. The quantitative estimate of drug-likeness (QED) is 0.884. The zero-order chi connectivity index (χ0) is 14.7. The second kappa shape index (κ2) is 6.23. The van der Waals surface area contributed by atoms with Gasteiger partial charge in [0.15, 0.2) is 5.82 Å². The number of nitrogens with two attached hydrogens (primary N) is 1. The van der Waals surface area contributed by atoms with Crippen LogP contribution >= 0.6 is 27.5 Å². The van der Waals surface area contributed by atoms with Crippen molar-refractivity contribution in [3.8, 4) is 0 Å². The van der Waals surface area contributed by atoms with Crippen LogP contribution in [0.5, 0.6) is 0 Å². The fourth-order valence-electron chi connectivity index (χ4n) is 1.85. The van der Waals surface area contributed by atoms with Crippen LogP contribution in [0.15, 0.2) is 28.7 Å². The molecule has 5 nitrogen and oxygen atoms in total. The molecule has 0 spiro atoms. The molecule has 2 rings (SSSR count). The highest BCUT2D eigenvalue weighted by Gasteiger charge is 2.21. The van der Waals surface area contributed by atoms with Crippen LogP contribution in [-0.4, -0.2) is 24.4 Å². The Bertz CT molecular complexity index is 629. The molecule has 1 aromatic carbocycles. The summed E-state index contributed by atoms with van der Waals surface area (Å²) < 4.78 is 5.11. The van der Waals surface area contributed by atoms with Crippen molar-refractivity contribution < 1.29 is 4.79 Å². The van der Waals surface area contributed by atoms with Gasteiger partial charge >= 0.3 is 0 Å². The number of nitrogen functional groups attached to an aromatic ring is 1. The van der Waals surface area contributed by atoms with Crippen molar-refractivity contribution >= 4 is 44.2 Å². The molecule has 0 aliphatic rings. The van der Waals surface area contributed by atoms with Gasteiger partial charge in [0.05, 0.1) is 0 Å². The Labute approximate surface area is 130 Å². The number of halogens is 1. The van der Waals surface area contributed by atoms with E-state index in [1.54, 1.807) is 7.05 Å². The third-order valence-electron chi connectivity index (χ3n) is 2.87. The molecule has 0 fully saturated rings. The molecule has 0 atom stereocenters. The fraction of sp³-hybridized carbons (Fsp3) is 0.231. The lowest BCUT2D eigenvalue weighted by Crippen LogP contribution is -2.23. The number of nitrogens with one attached hydrogen (secondary N) is 1. The third kappa shape index (κ3) is 2.94. The average molecular weight is 355 g/mol. The van der Waals surface area contributed by atoms with Crippen LogP contribution in [0, 0.1) is 0 Å². The minimum absolute atomic E-state index is 0.217. The number of aromatic nitrogens is 1. The van der Waals surface area contributed by atoms with Crippen molar-refractivity contribution in [2.45, 2.75) is 6.54 Å². The summed E-state index contributed by atoms with van der Waals surface area (Å²) in [6, 6.07) is 7.97. The van der Waals surface area contributed by atoms with E-state index in [1.807, 2.05) is 36.2 Å². The van der Waals surface area contributed by atoms with E-state index in [2.05, 4.69) is 25.6 Å². The second-order valence-corrected chi connectivity index (χ2v) is 5.88. The minimum Gasteiger partial charge on any atom is -0.382 e. The molecule has 3 N–H and O–H groups in total. The molecule has 1 aromatic heterocycles. The maximum Gasteiger partial charge on any atom is 0.257 e. The smallest absolute Gasteiger partial charge is 0.257 e. The van der Waals surface area contributed by atoms with Crippen LogP contribution in [0.25, 0.3) is 0 Å². The van der Waals surface area contributed by atoms with Gasteiger partial charge in [0.2, 0.25) is 0 Å². The molecule has 0 bridgehead atoms. The molecule has 0 aliphatic carbocycles. The molecule has 0 unspecified atom stereocenters. The van der Waals surface area contributed by atoms with Crippen molar-refractivity contribution in [3.05, 3.63) is 39.9 Å². The molecule has 7 heteroatoms. The van der Waals surface area contributed by atoms with Gasteiger partial charge < -0.3 is 16.0 Å². The van der Waals surface area contributed by atoms with Gasteiger partial charge in [-0.15, -0.1) is 0 Å². The number of nitrogens with zero attached hydrogens (tertiary/aromatic N) is 2. The molecule has 0 radical (unpaired) electrons. The standard InChI is InChI=1S/C13H15BrN4OS/c1-16-12(19)10-11(15)17-20-13(10)18(2)7-8-5-3-4-6-9(8)14/h3-6H,7H2,1-2H3,(H2,15,17)(H,16,19). The van der Waals surface area contributed by atoms with Gasteiger partial charge in [-0.3, -0.25) is 4.79 Å². The first-order chi connectivity index (χ1) is 9.54. The van der Waals surface area contributed by atoms with Crippen molar-refractivity contribution in [1.29, 1.82) is 0 Å². The monoisotopic (exact) mass is 354 g/mol. The Hall–Kier alpha value is -1.60. The Kier molecular flexibility index (Phi) is 4.61. The fourth-order valence-corrected chi connectivity index (χ4v) is 3.02. The van der Waals surface area contributed by atoms with E-state index in [0.717, 1.165) is 15.0 Å². The maximum absolute atomic E-state index is 11.9. The lowest BCUT2D eigenvalue weighted by Gasteiger charge is -2.19. The van der Waals surface area contributed by atoms with E-state index in [4.69, 9.17) is 5.73 Å². The maximum atomic E-state index is 11.9. The summed E-state index contributed by atoms with van der Waals surface area (Å²) in [6.45, 7) is 0.660. The second-order valence-electron chi connectivity index (χ2n) is 4.27. The summed E-state index contributed by atoms with van der Waals surface area (Å²) in [5.74, 6) is 0.0496. The van der Waals surface area contributed by atoms with E-state index in [0.29, 0.717) is 12.1 Å². The van der Waals surface area contributed by atoms with Gasteiger partial charge in [0.1, 0.15) is 10.6 Å². The van der Waals surface area contributed by atoms with E-state index < -0.39 is 0 Å². The van der Waals surface area contributed by atoms with E-state index >= 15 is 0 Å². The molecular weight excluding hydrogens is 340 g/mol. The SMILES string of the molecule is CNC(=O)c1c(N)nsc1N(C)Cc1ccccc1Br. The van der Waals surface area contributed by atoms with Gasteiger partial charge in [0.25, 0.3) is 5.91 Å². The molecule has 106 valence electrons. The summed E-state index contributed by atoms with van der Waals surface area (Å²) in [4.78, 5) is 13.9. The minimum atomic E-state index is -0.217. The number of anilines is 2. The normalized spacial score (nSPS) is 10.3. The topological polar surface area (TPSA) is 71.2 Å². The van der Waals surface area contributed by atoms with Gasteiger partial charge in [-0.1, -0.05) is 34.1 Å². The van der Waals surface area contributed by atoms with Crippen LogP contribution in [0.2, 0.25) is 0 Å². The van der Waals surface area contributed by atoms with Crippen LogP contribution in [0.4, 0.5) is 10.8 Å². The van der Waals surface area contributed by atoms with Gasteiger partial charge in [0, 0.05) is 25.1 Å². The van der Waals surface area contributed by atoms with Crippen LogP contribution in [-0.2, 0) is 6.54 Å². The number of benzene rings is 1. The van der Waals surface area contributed by atoms with Crippen molar-refractivity contribution in [1.82, 2.24) is 9.69 Å². The van der Waals surface area contributed by atoms with Crippen LogP contribution in [0.3, 0.4) is 0 Å². The van der Waals surface area contributed by atoms with Crippen LogP contribution < -0.4 is 16.0 Å². The Morgan fingerprint density at radius 1 is 1.50 bits per heavy atom. The molecule has 0 saturated carbocycles. The number of hydrogen-bond donors (Lipinski definition) is 2. The predicted octanol–water partition coefficient (Wildman–Crippen LogP) is 2.48. The zero-order valence-electron chi connectivity index (χ0n) is 11.2. The van der Waals surface area contributed by atoms with E-state index in [9.17, 15) is 4.79 Å². The van der Waals surface area contributed by atoms with Gasteiger partial charge in [-0.2, -0.15) is 4.37 Å². The molecule has 0 saturated heterocycles. The van der Waals surface area contributed by atoms with Crippen molar-refractivity contribution in [3.63, 3.8) is 0 Å². The lowest BCUT2D eigenvalue weighted by molar-refractivity contribution is 0.0964. The summed E-state index contributed by atoms with van der Waals surface area (Å²) >= 11 is 4.75. The van der Waals surface area contributed by atoms with E-state index in [1.165, 1.54) is 11.5 Å². The zero-order valence-corrected chi connectivity index (χ0v) is 13.6. The predicted molar refractivity (Wildman–Crippen MR) is 86.2 cm³/mol. The molecule has 1 amide bonds. The van der Waals surface area contributed by atoms with Crippen molar-refractivity contribution in [2.75, 3.05) is 24.7 Å². The number of carbonyl (C=O) groups excluding carboxylic acids is 1. The molecule has 0 aliphatic heterocycles. The van der Waals surface area contributed by atoms with Gasteiger partial charge in [-0.25, -0.2) is 0 Å². The highest BCUT2D eigenvalue weighted by atomic mass is 79.9. The summed E-state index contributed by atoms with van der Waals surface area (Å²) in [5.41, 5.74) is 7.35. The summed E-state index contributed by atoms with van der Waals surface area (Å²) in [7, 11) is 3.50. The number of carbonyl (C=O) groups is 1. The average Bonchev–Trinajstić information content (AvgIpc) is 2.82. The number of rotatable bonds is 4. The van der Waals surface area contributed by atoms with Crippen LogP contribution in [0.1, 0.15) is 15.9 Å². The van der Waals surface area contributed by atoms with Gasteiger partial charge in [-0.05, 0) is 23.2 Å². The first kappa shape index (κ1) is 14.8. The third-order valence-corrected chi connectivity index (χ3v) is 4.62. The number of amides is 1. The Morgan fingerprint density at radius 2 is 2.20 bits per heavy atom. The highest BCUT2D eigenvalue weighted by molar-refractivity contribution is 9.10. The van der Waals surface area contributed by atoms with Crippen molar-refractivity contribution in [2.24, 2.45) is 0 Å². The molecule has 20 heavy (non-hydrogen) atoms. The summed E-state index contributed by atoms with van der Waals surface area (Å²) in [5, 5.41) is 3.35. The molecular formula is C13H15BrN4OS. The number of hydrogen-bond acceptors (Lipinski definition) is 5. The first-order valence-corrected chi connectivity index (χ1v) is 7.53. The lowest BCUT2D eigenvalue weighted by atomic mass is 10.2. The van der Waals surface area contributed by atoms with E-state index in [-0.39, 0.29) is 11.7 Å². The largest absolute Gasteiger partial charge is 0.382 e. The Balaban J connectivity index is 2.28. The molecule has 2 aromatic rings. The first-order valence-electron chi connectivity index (χ1n) is 5.96. The summed E-state index contributed by atoms with van der Waals surface area (Å²) in [6.07, 6.45) is 0. The highest BCUT2D eigenvalue weighted by Crippen LogP contribution is 2.31. The molecule has 1 heterocycles.